The largest absolute Gasteiger partial charge is 0.465 e. The van der Waals surface area contributed by atoms with E-state index in [0.29, 0.717) is 0 Å². The maximum Gasteiger partial charge on any atom is 0.321 e. The molecule has 0 spiro atoms. The number of aliphatic hydroxyl groups excluding tert-OH is 1. The molecular formula is C13H15NO5S. The van der Waals surface area contributed by atoms with E-state index < -0.39 is 22.5 Å². The van der Waals surface area contributed by atoms with Crippen molar-refractivity contribution in [2.24, 2.45) is 0 Å². The quantitative estimate of drug-likeness (QED) is 0.583. The van der Waals surface area contributed by atoms with Crippen molar-refractivity contribution in [1.82, 2.24) is 4.72 Å². The van der Waals surface area contributed by atoms with Crippen LogP contribution in [0.15, 0.2) is 29.2 Å². The standard InChI is InChI=1S/C13H15NO5S/c1-2-19-13(16)10-14-20(17,18)12-8-4-3-6-11(12)7-5-9-15/h3-4,6,8,14-15H,2,9-10H2,1H3. The second-order valence-corrected chi connectivity index (χ2v) is 5.32. The number of ether oxygens (including phenoxy) is 1. The highest BCUT2D eigenvalue weighted by Gasteiger charge is 2.18. The van der Waals surface area contributed by atoms with Gasteiger partial charge in [0.05, 0.1) is 11.5 Å². The maximum atomic E-state index is 12.1. The molecular weight excluding hydrogens is 282 g/mol. The zero-order valence-electron chi connectivity index (χ0n) is 10.9. The Labute approximate surface area is 117 Å². The summed E-state index contributed by atoms with van der Waals surface area (Å²) in [5.74, 6) is 4.27. The van der Waals surface area contributed by atoms with Crippen LogP contribution < -0.4 is 4.72 Å². The molecule has 108 valence electrons. The molecule has 0 aromatic heterocycles. The van der Waals surface area contributed by atoms with Gasteiger partial charge in [-0.05, 0) is 19.1 Å². The summed E-state index contributed by atoms with van der Waals surface area (Å²) in [4.78, 5) is 11.1. The third-order valence-corrected chi connectivity index (χ3v) is 3.65. The van der Waals surface area contributed by atoms with Crippen molar-refractivity contribution in [3.63, 3.8) is 0 Å². The van der Waals surface area contributed by atoms with Gasteiger partial charge < -0.3 is 9.84 Å². The molecule has 2 N–H and O–H groups in total. The molecule has 0 bridgehead atoms. The van der Waals surface area contributed by atoms with Crippen LogP contribution in [0, 0.1) is 11.8 Å². The number of rotatable bonds is 5. The summed E-state index contributed by atoms with van der Waals surface area (Å²) in [6.07, 6.45) is 0. The van der Waals surface area contributed by atoms with Crippen molar-refractivity contribution in [3.8, 4) is 11.8 Å². The van der Waals surface area contributed by atoms with Crippen LogP contribution in [0.2, 0.25) is 0 Å². The van der Waals surface area contributed by atoms with E-state index in [1.807, 2.05) is 0 Å². The smallest absolute Gasteiger partial charge is 0.321 e. The molecule has 7 heteroatoms. The molecule has 0 radical (unpaired) electrons. The van der Waals surface area contributed by atoms with Gasteiger partial charge in [0.1, 0.15) is 13.2 Å². The van der Waals surface area contributed by atoms with Gasteiger partial charge >= 0.3 is 5.97 Å². The summed E-state index contributed by atoms with van der Waals surface area (Å²) >= 11 is 0. The minimum Gasteiger partial charge on any atom is -0.465 e. The van der Waals surface area contributed by atoms with Crippen LogP contribution in [0.4, 0.5) is 0 Å². The fourth-order valence-corrected chi connectivity index (χ4v) is 2.51. The van der Waals surface area contributed by atoms with Gasteiger partial charge in [-0.3, -0.25) is 4.79 Å². The molecule has 0 amide bonds. The zero-order valence-corrected chi connectivity index (χ0v) is 11.7. The first-order chi connectivity index (χ1) is 9.51. The van der Waals surface area contributed by atoms with Crippen LogP contribution in [0.3, 0.4) is 0 Å². The summed E-state index contributed by atoms with van der Waals surface area (Å²) in [5, 5.41) is 8.66. The van der Waals surface area contributed by atoms with Gasteiger partial charge in [0.15, 0.2) is 0 Å². The zero-order chi connectivity index (χ0) is 15.0. The second-order valence-electron chi connectivity index (χ2n) is 3.59. The van der Waals surface area contributed by atoms with Crippen molar-refractivity contribution < 1.29 is 23.1 Å². The Morgan fingerprint density at radius 1 is 1.40 bits per heavy atom. The number of aliphatic hydroxyl groups is 1. The molecule has 0 aliphatic heterocycles. The van der Waals surface area contributed by atoms with E-state index >= 15 is 0 Å². The van der Waals surface area contributed by atoms with E-state index in [2.05, 4.69) is 21.3 Å². The Morgan fingerprint density at radius 3 is 2.75 bits per heavy atom. The summed E-state index contributed by atoms with van der Waals surface area (Å²) in [6.45, 7) is 0.994. The fraction of sp³-hybridized carbons (Fsp3) is 0.308. The van der Waals surface area contributed by atoms with E-state index in [4.69, 9.17) is 5.11 Å². The Hall–Kier alpha value is -1.88. The predicted octanol–water partition coefficient (Wildman–Crippen LogP) is -0.128. The minimum absolute atomic E-state index is 0.0507. The Kier molecular flexibility index (Phi) is 6.18. The van der Waals surface area contributed by atoms with Crippen LogP contribution in [0.5, 0.6) is 0 Å². The molecule has 0 saturated carbocycles. The first-order valence-corrected chi connectivity index (χ1v) is 7.33. The molecule has 0 saturated heterocycles. The van der Waals surface area contributed by atoms with Gasteiger partial charge in [-0.25, -0.2) is 8.42 Å². The highest BCUT2D eigenvalue weighted by atomic mass is 32.2. The maximum absolute atomic E-state index is 12.1. The molecule has 1 rings (SSSR count). The Balaban J connectivity index is 2.95. The molecule has 0 aliphatic rings. The first kappa shape index (κ1) is 16.2. The van der Waals surface area contributed by atoms with Crippen LogP contribution in [-0.2, 0) is 19.6 Å². The number of esters is 1. The molecule has 20 heavy (non-hydrogen) atoms. The topological polar surface area (TPSA) is 92.7 Å². The summed E-state index contributed by atoms with van der Waals surface area (Å²) in [6, 6.07) is 6.06. The molecule has 1 aromatic carbocycles. The van der Waals surface area contributed by atoms with Crippen molar-refractivity contribution in [1.29, 1.82) is 0 Å². The molecule has 0 fully saturated rings. The van der Waals surface area contributed by atoms with Crippen LogP contribution >= 0.6 is 0 Å². The minimum atomic E-state index is -3.87. The average Bonchev–Trinajstić information content (AvgIpc) is 2.44. The second kappa shape index (κ2) is 7.65. The number of benzene rings is 1. The summed E-state index contributed by atoms with van der Waals surface area (Å²) in [7, 11) is -3.87. The lowest BCUT2D eigenvalue weighted by atomic mass is 10.2. The monoisotopic (exact) mass is 297 g/mol. The highest BCUT2D eigenvalue weighted by molar-refractivity contribution is 7.89. The lowest BCUT2D eigenvalue weighted by Crippen LogP contribution is -2.31. The SMILES string of the molecule is CCOC(=O)CNS(=O)(=O)c1ccccc1C#CCO. The van der Waals surface area contributed by atoms with Gasteiger partial charge in [-0.15, -0.1) is 0 Å². The molecule has 6 nitrogen and oxygen atoms in total. The van der Waals surface area contributed by atoms with Gasteiger partial charge in [-0.2, -0.15) is 4.72 Å². The number of hydrogen-bond acceptors (Lipinski definition) is 5. The lowest BCUT2D eigenvalue weighted by molar-refractivity contribution is -0.141. The number of sulfonamides is 1. The third-order valence-electron chi connectivity index (χ3n) is 2.19. The molecule has 0 unspecified atom stereocenters. The van der Waals surface area contributed by atoms with E-state index in [1.165, 1.54) is 12.1 Å². The van der Waals surface area contributed by atoms with Crippen LogP contribution in [0.1, 0.15) is 12.5 Å². The number of nitrogens with one attached hydrogen (secondary N) is 1. The molecule has 0 aliphatic carbocycles. The Morgan fingerprint density at radius 2 is 2.10 bits per heavy atom. The van der Waals surface area contributed by atoms with E-state index in [1.54, 1.807) is 19.1 Å². The predicted molar refractivity (Wildman–Crippen MR) is 72.2 cm³/mol. The van der Waals surface area contributed by atoms with Gasteiger partial charge in [-0.1, -0.05) is 24.0 Å². The van der Waals surface area contributed by atoms with Crippen LogP contribution in [-0.4, -0.2) is 39.3 Å². The number of hydrogen-bond donors (Lipinski definition) is 2. The molecule has 0 heterocycles. The Bertz CT molecular complexity index is 628. The van der Waals surface area contributed by atoms with Gasteiger partial charge in [0, 0.05) is 5.56 Å². The van der Waals surface area contributed by atoms with Gasteiger partial charge in [0.2, 0.25) is 10.0 Å². The summed E-state index contributed by atoms with van der Waals surface area (Å²) < 4.78 is 30.9. The van der Waals surface area contributed by atoms with E-state index in [9.17, 15) is 13.2 Å². The highest BCUT2D eigenvalue weighted by Crippen LogP contribution is 2.13. The van der Waals surface area contributed by atoms with Crippen LogP contribution in [0.25, 0.3) is 0 Å². The van der Waals surface area contributed by atoms with E-state index in [0.717, 1.165) is 0 Å². The molecule has 1 aromatic rings. The lowest BCUT2D eigenvalue weighted by Gasteiger charge is -2.08. The van der Waals surface area contributed by atoms with E-state index in [-0.39, 0.29) is 23.7 Å². The average molecular weight is 297 g/mol. The summed E-state index contributed by atoms with van der Waals surface area (Å²) in [5.41, 5.74) is 0.248. The van der Waals surface area contributed by atoms with Crippen molar-refractivity contribution in [2.45, 2.75) is 11.8 Å². The van der Waals surface area contributed by atoms with Crippen molar-refractivity contribution >= 4 is 16.0 Å². The van der Waals surface area contributed by atoms with Crippen molar-refractivity contribution in [2.75, 3.05) is 19.8 Å². The van der Waals surface area contributed by atoms with Gasteiger partial charge in [0.25, 0.3) is 0 Å². The molecule has 0 atom stereocenters. The van der Waals surface area contributed by atoms with Crippen molar-refractivity contribution in [3.05, 3.63) is 29.8 Å². The fourth-order valence-electron chi connectivity index (χ4n) is 1.38. The normalized spacial score (nSPS) is 10.5. The number of carbonyl (C=O) groups is 1. The first-order valence-electron chi connectivity index (χ1n) is 5.85. The third kappa shape index (κ3) is 4.66. The number of carbonyl (C=O) groups excluding carboxylic acids is 1.